The maximum atomic E-state index is 5.89. The second-order valence-electron chi connectivity index (χ2n) is 7.34. The molecule has 0 amide bonds. The van der Waals surface area contributed by atoms with Gasteiger partial charge in [-0.05, 0) is 43.2 Å². The molecular weight excluding hydrogens is 296 g/mol. The Morgan fingerprint density at radius 2 is 1.83 bits per heavy atom. The largest absolute Gasteiger partial charge is 0.494 e. The van der Waals surface area contributed by atoms with Crippen LogP contribution >= 0.6 is 0 Å². The number of para-hydroxylation sites is 2. The summed E-state index contributed by atoms with van der Waals surface area (Å²) >= 11 is 0. The fraction of sp³-hybridized carbons (Fsp3) is 0.381. The Bertz CT molecular complexity index is 827. The van der Waals surface area contributed by atoms with Gasteiger partial charge in [-0.15, -0.1) is 0 Å². The maximum Gasteiger partial charge on any atom is 0.119 e. The fourth-order valence-electron chi connectivity index (χ4n) is 2.99. The maximum absolute atomic E-state index is 5.89. The molecule has 0 N–H and O–H groups in total. The van der Waals surface area contributed by atoms with Gasteiger partial charge in [0.1, 0.15) is 11.6 Å². The Kier molecular flexibility index (Phi) is 4.61. The van der Waals surface area contributed by atoms with Crippen molar-refractivity contribution in [3.63, 3.8) is 0 Å². The van der Waals surface area contributed by atoms with E-state index >= 15 is 0 Å². The molecule has 0 atom stereocenters. The van der Waals surface area contributed by atoms with Crippen LogP contribution in [0.1, 0.15) is 38.6 Å². The van der Waals surface area contributed by atoms with Crippen LogP contribution < -0.4 is 4.74 Å². The van der Waals surface area contributed by atoms with Crippen LogP contribution in [0, 0.1) is 6.92 Å². The molecule has 0 bridgehead atoms. The van der Waals surface area contributed by atoms with E-state index < -0.39 is 0 Å². The minimum Gasteiger partial charge on any atom is -0.494 e. The number of aryl methyl sites for hydroxylation is 2. The first-order valence-corrected chi connectivity index (χ1v) is 8.60. The van der Waals surface area contributed by atoms with E-state index in [1.807, 2.05) is 18.2 Å². The number of hydrogen-bond donors (Lipinski definition) is 0. The second kappa shape index (κ2) is 6.68. The molecule has 0 unspecified atom stereocenters. The number of rotatable bonds is 5. The lowest BCUT2D eigenvalue weighted by Gasteiger charge is -2.20. The smallest absolute Gasteiger partial charge is 0.119 e. The quantitative estimate of drug-likeness (QED) is 0.610. The molecule has 126 valence electrons. The Balaban J connectivity index is 1.72. The molecule has 0 aliphatic carbocycles. The molecule has 3 aromatic rings. The lowest BCUT2D eigenvalue weighted by atomic mass is 9.95. The SMILES string of the molecule is Cc1cccc(OCCCn2c(C(C)(C)C)nc3ccccc32)c1. The topological polar surface area (TPSA) is 27.1 Å². The van der Waals surface area contributed by atoms with Gasteiger partial charge < -0.3 is 9.30 Å². The van der Waals surface area contributed by atoms with Crippen LogP contribution in [0.3, 0.4) is 0 Å². The van der Waals surface area contributed by atoms with Gasteiger partial charge in [0.25, 0.3) is 0 Å². The van der Waals surface area contributed by atoms with Gasteiger partial charge in [0.05, 0.1) is 17.6 Å². The fourth-order valence-corrected chi connectivity index (χ4v) is 2.99. The molecule has 3 nitrogen and oxygen atoms in total. The van der Waals surface area contributed by atoms with Gasteiger partial charge in [-0.3, -0.25) is 0 Å². The predicted octanol–water partition coefficient (Wildman–Crippen LogP) is 5.11. The summed E-state index contributed by atoms with van der Waals surface area (Å²) in [5, 5.41) is 0. The highest BCUT2D eigenvalue weighted by Gasteiger charge is 2.22. The van der Waals surface area contributed by atoms with Crippen molar-refractivity contribution in [2.24, 2.45) is 0 Å². The van der Waals surface area contributed by atoms with Gasteiger partial charge in [-0.2, -0.15) is 0 Å². The van der Waals surface area contributed by atoms with Gasteiger partial charge in [0.2, 0.25) is 0 Å². The third kappa shape index (κ3) is 3.61. The third-order valence-corrected chi connectivity index (χ3v) is 4.11. The summed E-state index contributed by atoms with van der Waals surface area (Å²) in [6.07, 6.45) is 0.956. The highest BCUT2D eigenvalue weighted by molar-refractivity contribution is 5.76. The Morgan fingerprint density at radius 1 is 1.04 bits per heavy atom. The molecule has 24 heavy (non-hydrogen) atoms. The Morgan fingerprint density at radius 3 is 2.58 bits per heavy atom. The van der Waals surface area contributed by atoms with Crippen molar-refractivity contribution in [1.82, 2.24) is 9.55 Å². The van der Waals surface area contributed by atoms with Gasteiger partial charge in [0, 0.05) is 12.0 Å². The first-order valence-electron chi connectivity index (χ1n) is 8.60. The van der Waals surface area contributed by atoms with Crippen molar-refractivity contribution in [3.8, 4) is 5.75 Å². The van der Waals surface area contributed by atoms with Crippen LogP contribution in [-0.4, -0.2) is 16.2 Å². The number of nitrogens with zero attached hydrogens (tertiary/aromatic N) is 2. The lowest BCUT2D eigenvalue weighted by Crippen LogP contribution is -2.19. The molecule has 1 aromatic heterocycles. The van der Waals surface area contributed by atoms with Crippen LogP contribution in [0.2, 0.25) is 0 Å². The summed E-state index contributed by atoms with van der Waals surface area (Å²) < 4.78 is 8.23. The minimum absolute atomic E-state index is 0.0242. The highest BCUT2D eigenvalue weighted by atomic mass is 16.5. The van der Waals surface area contributed by atoms with Crippen molar-refractivity contribution >= 4 is 11.0 Å². The minimum atomic E-state index is 0.0242. The molecule has 0 aliphatic rings. The summed E-state index contributed by atoms with van der Waals surface area (Å²) in [4.78, 5) is 4.85. The number of hydrogen-bond acceptors (Lipinski definition) is 2. The normalized spacial score (nSPS) is 11.8. The van der Waals surface area contributed by atoms with Gasteiger partial charge in [0.15, 0.2) is 0 Å². The number of fused-ring (bicyclic) bond motifs is 1. The zero-order valence-electron chi connectivity index (χ0n) is 15.0. The molecule has 0 saturated heterocycles. The molecule has 2 aromatic carbocycles. The molecule has 3 rings (SSSR count). The number of ether oxygens (including phenoxy) is 1. The van der Waals surface area contributed by atoms with Crippen molar-refractivity contribution in [1.29, 1.82) is 0 Å². The highest BCUT2D eigenvalue weighted by Crippen LogP contribution is 2.26. The van der Waals surface area contributed by atoms with E-state index in [0.717, 1.165) is 30.1 Å². The van der Waals surface area contributed by atoms with Gasteiger partial charge >= 0.3 is 0 Å². The van der Waals surface area contributed by atoms with Gasteiger partial charge in [-0.25, -0.2) is 4.98 Å². The summed E-state index contributed by atoms with van der Waals surface area (Å²) in [7, 11) is 0. The zero-order valence-corrected chi connectivity index (χ0v) is 15.0. The Hall–Kier alpha value is -2.29. The molecule has 0 aliphatic heterocycles. The molecular formula is C21H26N2O. The summed E-state index contributed by atoms with van der Waals surface area (Å²) in [6.45, 7) is 10.4. The molecule has 1 heterocycles. The summed E-state index contributed by atoms with van der Waals surface area (Å²) in [6, 6.07) is 16.6. The lowest BCUT2D eigenvalue weighted by molar-refractivity contribution is 0.300. The van der Waals surface area contributed by atoms with Crippen LogP contribution in [0.15, 0.2) is 48.5 Å². The van der Waals surface area contributed by atoms with Crippen molar-refractivity contribution in [3.05, 3.63) is 59.9 Å². The number of aromatic nitrogens is 2. The summed E-state index contributed by atoms with van der Waals surface area (Å²) in [5.41, 5.74) is 3.53. The number of benzene rings is 2. The molecule has 0 radical (unpaired) electrons. The molecule has 0 fully saturated rings. The first kappa shape index (κ1) is 16.6. The molecule has 0 saturated carbocycles. The Labute approximate surface area is 144 Å². The van der Waals surface area contributed by atoms with E-state index in [2.05, 4.69) is 62.6 Å². The van der Waals surface area contributed by atoms with Crippen LogP contribution in [0.5, 0.6) is 5.75 Å². The third-order valence-electron chi connectivity index (χ3n) is 4.11. The molecule has 3 heteroatoms. The van der Waals surface area contributed by atoms with E-state index in [1.54, 1.807) is 0 Å². The first-order chi connectivity index (χ1) is 11.4. The van der Waals surface area contributed by atoms with Crippen LogP contribution in [-0.2, 0) is 12.0 Å². The second-order valence-corrected chi connectivity index (χ2v) is 7.34. The average Bonchev–Trinajstić information content (AvgIpc) is 2.91. The number of imidazole rings is 1. The average molecular weight is 322 g/mol. The van der Waals surface area contributed by atoms with E-state index in [1.165, 1.54) is 11.1 Å². The predicted molar refractivity (Wildman–Crippen MR) is 99.7 cm³/mol. The summed E-state index contributed by atoms with van der Waals surface area (Å²) in [5.74, 6) is 2.08. The monoisotopic (exact) mass is 322 g/mol. The zero-order chi connectivity index (χ0) is 17.2. The van der Waals surface area contributed by atoms with Crippen LogP contribution in [0.4, 0.5) is 0 Å². The van der Waals surface area contributed by atoms with Crippen molar-refractivity contribution < 1.29 is 4.74 Å². The van der Waals surface area contributed by atoms with E-state index in [-0.39, 0.29) is 5.41 Å². The van der Waals surface area contributed by atoms with E-state index in [4.69, 9.17) is 9.72 Å². The van der Waals surface area contributed by atoms with Crippen LogP contribution in [0.25, 0.3) is 11.0 Å². The van der Waals surface area contributed by atoms with Crippen molar-refractivity contribution in [2.45, 2.75) is 46.1 Å². The van der Waals surface area contributed by atoms with E-state index in [9.17, 15) is 0 Å². The van der Waals surface area contributed by atoms with Gasteiger partial charge in [-0.1, -0.05) is 45.0 Å². The van der Waals surface area contributed by atoms with Crippen molar-refractivity contribution in [2.75, 3.05) is 6.61 Å². The van der Waals surface area contributed by atoms with E-state index in [0.29, 0.717) is 6.61 Å². The standard InChI is InChI=1S/C21H26N2O/c1-16-9-7-10-17(15-16)24-14-8-13-23-19-12-6-5-11-18(19)22-20(23)21(2,3)4/h5-7,9-12,15H,8,13-14H2,1-4H3. The molecule has 0 spiro atoms.